The van der Waals surface area contributed by atoms with Gasteiger partial charge in [-0.1, -0.05) is 11.6 Å². The Kier molecular flexibility index (Phi) is 3.94. The Balaban J connectivity index is 2.45. The monoisotopic (exact) mass is 317 g/mol. The summed E-state index contributed by atoms with van der Waals surface area (Å²) in [4.78, 5) is 4.26. The van der Waals surface area contributed by atoms with Gasteiger partial charge in [-0.3, -0.25) is 10.8 Å². The summed E-state index contributed by atoms with van der Waals surface area (Å²) in [5.74, 6) is 5.57. The number of hydrogen-bond donors (Lipinski definition) is 2. The molecule has 0 bridgehead atoms. The number of nitrogens with one attached hydrogen (secondary N) is 1. The Morgan fingerprint density at radius 3 is 2.88 bits per heavy atom. The second kappa shape index (κ2) is 5.25. The molecule has 0 saturated heterocycles. The lowest BCUT2D eigenvalue weighted by Crippen LogP contribution is -2.29. The first-order valence-corrected chi connectivity index (χ1v) is 6.63. The van der Waals surface area contributed by atoms with E-state index in [0.29, 0.717) is 5.02 Å². The number of hydrogen-bond acceptors (Lipinski definition) is 4. The van der Waals surface area contributed by atoms with Gasteiger partial charge in [0.15, 0.2) is 0 Å². The van der Waals surface area contributed by atoms with E-state index < -0.39 is 0 Å². The lowest BCUT2D eigenvalue weighted by atomic mass is 10.1. The summed E-state index contributed by atoms with van der Waals surface area (Å²) >= 11 is 11.2. The fourth-order valence-electron chi connectivity index (χ4n) is 1.42. The van der Waals surface area contributed by atoms with Gasteiger partial charge in [-0.25, -0.2) is 5.43 Å². The van der Waals surface area contributed by atoms with Crippen LogP contribution in [0, 0.1) is 0 Å². The Labute approximate surface area is 111 Å². The van der Waals surface area contributed by atoms with Crippen molar-refractivity contribution >= 4 is 38.9 Å². The van der Waals surface area contributed by atoms with Gasteiger partial charge in [0, 0.05) is 21.6 Å². The van der Waals surface area contributed by atoms with Crippen molar-refractivity contribution in [1.29, 1.82) is 0 Å². The summed E-state index contributed by atoms with van der Waals surface area (Å²) in [6, 6.07) is 3.39. The highest BCUT2D eigenvalue weighted by molar-refractivity contribution is 9.10. The Morgan fingerprint density at radius 1 is 1.50 bits per heavy atom. The zero-order chi connectivity index (χ0) is 11.5. The molecule has 0 fully saturated rings. The predicted octanol–water partition coefficient (Wildman–Crippen LogP) is 3.11. The van der Waals surface area contributed by atoms with E-state index in [0.717, 1.165) is 15.7 Å². The predicted molar refractivity (Wildman–Crippen MR) is 70.4 cm³/mol. The molecule has 0 radical (unpaired) electrons. The standard InChI is InChI=1S/C10H9BrClN3S/c11-7-5-16-4-6(7)9(15-13)10-8(12)2-1-3-14-10/h1-5,9,15H,13H2. The van der Waals surface area contributed by atoms with Gasteiger partial charge in [0.25, 0.3) is 0 Å². The van der Waals surface area contributed by atoms with Crippen LogP contribution in [0.3, 0.4) is 0 Å². The van der Waals surface area contributed by atoms with E-state index in [1.54, 1.807) is 29.7 Å². The van der Waals surface area contributed by atoms with E-state index in [1.165, 1.54) is 0 Å². The molecule has 2 aromatic rings. The number of rotatable bonds is 3. The molecule has 0 spiro atoms. The molecule has 0 amide bonds. The largest absolute Gasteiger partial charge is 0.271 e. The molecule has 2 heterocycles. The Bertz CT molecular complexity index is 488. The number of pyridine rings is 1. The maximum atomic E-state index is 6.10. The van der Waals surface area contributed by atoms with Crippen molar-refractivity contribution in [2.24, 2.45) is 5.84 Å². The molecule has 3 nitrogen and oxygen atoms in total. The molecule has 0 aromatic carbocycles. The van der Waals surface area contributed by atoms with Gasteiger partial charge in [-0.15, -0.1) is 0 Å². The molecule has 2 aromatic heterocycles. The van der Waals surface area contributed by atoms with Gasteiger partial charge < -0.3 is 0 Å². The normalized spacial score (nSPS) is 12.7. The topological polar surface area (TPSA) is 50.9 Å². The number of hydrazine groups is 1. The van der Waals surface area contributed by atoms with E-state index in [2.05, 4.69) is 26.3 Å². The molecule has 0 saturated carbocycles. The van der Waals surface area contributed by atoms with Crippen LogP contribution in [-0.4, -0.2) is 4.98 Å². The van der Waals surface area contributed by atoms with Crippen molar-refractivity contribution in [3.63, 3.8) is 0 Å². The smallest absolute Gasteiger partial charge is 0.0915 e. The fraction of sp³-hybridized carbons (Fsp3) is 0.100. The van der Waals surface area contributed by atoms with Crippen LogP contribution in [-0.2, 0) is 0 Å². The third kappa shape index (κ3) is 2.28. The first-order valence-electron chi connectivity index (χ1n) is 4.52. The van der Waals surface area contributed by atoms with Crippen molar-refractivity contribution in [3.8, 4) is 0 Å². The van der Waals surface area contributed by atoms with Crippen LogP contribution in [0.2, 0.25) is 5.02 Å². The third-order valence-corrected chi connectivity index (χ3v) is 4.25. The van der Waals surface area contributed by atoms with E-state index in [-0.39, 0.29) is 6.04 Å². The van der Waals surface area contributed by atoms with Gasteiger partial charge >= 0.3 is 0 Å². The highest BCUT2D eigenvalue weighted by Crippen LogP contribution is 2.32. The zero-order valence-electron chi connectivity index (χ0n) is 8.15. The van der Waals surface area contributed by atoms with Crippen LogP contribution in [0.25, 0.3) is 0 Å². The van der Waals surface area contributed by atoms with Gasteiger partial charge in [0.2, 0.25) is 0 Å². The number of nitrogens with zero attached hydrogens (tertiary/aromatic N) is 1. The lowest BCUT2D eigenvalue weighted by Gasteiger charge is -2.16. The maximum Gasteiger partial charge on any atom is 0.0915 e. The van der Waals surface area contributed by atoms with E-state index in [1.807, 2.05) is 10.8 Å². The van der Waals surface area contributed by atoms with E-state index in [4.69, 9.17) is 17.4 Å². The molecular formula is C10H9BrClN3S. The van der Waals surface area contributed by atoms with Crippen LogP contribution in [0.5, 0.6) is 0 Å². The molecule has 0 aliphatic heterocycles. The highest BCUT2D eigenvalue weighted by Gasteiger charge is 2.19. The summed E-state index contributed by atoms with van der Waals surface area (Å²) in [5.41, 5.74) is 4.49. The molecule has 16 heavy (non-hydrogen) atoms. The SMILES string of the molecule is NNC(c1cscc1Br)c1ncccc1Cl. The molecule has 0 aliphatic carbocycles. The quantitative estimate of drug-likeness (QED) is 0.675. The number of nitrogens with two attached hydrogens (primary N) is 1. The molecule has 0 aliphatic rings. The van der Waals surface area contributed by atoms with Crippen molar-refractivity contribution in [1.82, 2.24) is 10.4 Å². The van der Waals surface area contributed by atoms with Gasteiger partial charge in [-0.05, 0) is 33.4 Å². The van der Waals surface area contributed by atoms with Gasteiger partial charge in [0.05, 0.1) is 16.8 Å². The van der Waals surface area contributed by atoms with E-state index >= 15 is 0 Å². The van der Waals surface area contributed by atoms with Crippen LogP contribution in [0.15, 0.2) is 33.6 Å². The van der Waals surface area contributed by atoms with Crippen LogP contribution in [0.1, 0.15) is 17.3 Å². The summed E-state index contributed by atoms with van der Waals surface area (Å²) in [7, 11) is 0. The van der Waals surface area contributed by atoms with Crippen molar-refractivity contribution in [2.75, 3.05) is 0 Å². The summed E-state index contributed by atoms with van der Waals surface area (Å²) < 4.78 is 1.00. The van der Waals surface area contributed by atoms with Crippen LogP contribution in [0.4, 0.5) is 0 Å². The maximum absolute atomic E-state index is 6.10. The lowest BCUT2D eigenvalue weighted by molar-refractivity contribution is 0.621. The number of aromatic nitrogens is 1. The Hall–Kier alpha value is -0.460. The molecule has 84 valence electrons. The minimum absolute atomic E-state index is 0.200. The van der Waals surface area contributed by atoms with Crippen molar-refractivity contribution in [2.45, 2.75) is 6.04 Å². The fourth-order valence-corrected chi connectivity index (χ4v) is 3.21. The van der Waals surface area contributed by atoms with Gasteiger partial charge in [0.1, 0.15) is 0 Å². The zero-order valence-corrected chi connectivity index (χ0v) is 11.3. The number of thiophene rings is 1. The van der Waals surface area contributed by atoms with E-state index in [9.17, 15) is 0 Å². The molecule has 3 N–H and O–H groups in total. The first-order chi connectivity index (χ1) is 7.74. The average Bonchev–Trinajstić information content (AvgIpc) is 2.69. The molecular weight excluding hydrogens is 310 g/mol. The average molecular weight is 319 g/mol. The van der Waals surface area contributed by atoms with Crippen molar-refractivity contribution in [3.05, 3.63) is 49.8 Å². The number of halogens is 2. The van der Waals surface area contributed by atoms with Crippen LogP contribution < -0.4 is 11.3 Å². The summed E-state index contributed by atoms with van der Waals surface area (Å²) in [5, 5.41) is 4.61. The Morgan fingerprint density at radius 2 is 2.31 bits per heavy atom. The minimum atomic E-state index is -0.200. The van der Waals surface area contributed by atoms with Crippen molar-refractivity contribution < 1.29 is 0 Å². The third-order valence-electron chi connectivity index (χ3n) is 2.18. The second-order valence-electron chi connectivity index (χ2n) is 3.15. The van der Waals surface area contributed by atoms with Crippen LogP contribution >= 0.6 is 38.9 Å². The molecule has 6 heteroatoms. The minimum Gasteiger partial charge on any atom is -0.271 e. The first kappa shape index (κ1) is 12.0. The highest BCUT2D eigenvalue weighted by atomic mass is 79.9. The molecule has 1 unspecified atom stereocenters. The second-order valence-corrected chi connectivity index (χ2v) is 5.15. The summed E-state index contributed by atoms with van der Waals surface area (Å²) in [6.07, 6.45) is 1.70. The molecule has 2 rings (SSSR count). The molecule has 1 atom stereocenters. The van der Waals surface area contributed by atoms with Gasteiger partial charge in [-0.2, -0.15) is 11.3 Å². The summed E-state index contributed by atoms with van der Waals surface area (Å²) in [6.45, 7) is 0.